The molecule has 0 bridgehead atoms. The summed E-state index contributed by atoms with van der Waals surface area (Å²) in [5, 5.41) is 0. The number of hydrogen-bond acceptors (Lipinski definition) is 0. The van der Waals surface area contributed by atoms with Crippen LogP contribution in [0.4, 0.5) is 4.39 Å². The SMILES string of the molecule is C[Si](Cl)(Cl)C1CC1F. The molecular formula is C4H7Cl2FSi. The van der Waals surface area contributed by atoms with Crippen LogP contribution in [0.25, 0.3) is 0 Å². The molecule has 0 nitrogen and oxygen atoms in total. The van der Waals surface area contributed by atoms with E-state index in [0.717, 1.165) is 0 Å². The molecule has 0 radical (unpaired) electrons. The molecule has 48 valence electrons. The summed E-state index contributed by atoms with van der Waals surface area (Å²) in [7, 11) is 0. The molecule has 1 saturated carbocycles. The van der Waals surface area contributed by atoms with Crippen molar-refractivity contribution in [1.82, 2.24) is 0 Å². The zero-order valence-corrected chi connectivity index (χ0v) is 7.01. The minimum atomic E-state index is -2.12. The Bertz CT molecular complexity index is 101. The Hall–Kier alpha value is 0.727. The molecule has 1 aliphatic rings. The third kappa shape index (κ3) is 1.36. The molecule has 1 rings (SSSR count). The average molecular weight is 173 g/mol. The lowest BCUT2D eigenvalue weighted by molar-refractivity contribution is 0.479. The molecule has 1 aliphatic carbocycles. The highest BCUT2D eigenvalue weighted by molar-refractivity contribution is 7.45. The van der Waals surface area contributed by atoms with Gasteiger partial charge in [-0.05, 0) is 13.0 Å². The summed E-state index contributed by atoms with van der Waals surface area (Å²) in [6, 6.07) is 0. The van der Waals surface area contributed by atoms with Gasteiger partial charge in [0.2, 0.25) is 0 Å². The maximum absolute atomic E-state index is 12.1. The summed E-state index contributed by atoms with van der Waals surface area (Å²) in [6.45, 7) is -0.353. The summed E-state index contributed by atoms with van der Waals surface area (Å²) < 4.78 is 12.1. The molecule has 0 amide bonds. The molecule has 0 N–H and O–H groups in total. The number of halogens is 3. The van der Waals surface area contributed by atoms with E-state index in [4.69, 9.17) is 22.2 Å². The van der Waals surface area contributed by atoms with Crippen molar-refractivity contribution in [3.8, 4) is 0 Å². The van der Waals surface area contributed by atoms with Crippen LogP contribution in [0, 0.1) is 0 Å². The molecule has 0 aromatic heterocycles. The number of rotatable bonds is 1. The van der Waals surface area contributed by atoms with Gasteiger partial charge in [0.05, 0.1) is 0 Å². The van der Waals surface area contributed by atoms with Gasteiger partial charge < -0.3 is 0 Å². The van der Waals surface area contributed by atoms with Crippen molar-refractivity contribution in [3.05, 3.63) is 0 Å². The summed E-state index contributed by atoms with van der Waals surface area (Å²) >= 11 is 11.4. The maximum atomic E-state index is 12.1. The van der Waals surface area contributed by atoms with Crippen molar-refractivity contribution in [2.75, 3.05) is 0 Å². The molecule has 0 heterocycles. The Morgan fingerprint density at radius 2 is 2.00 bits per heavy atom. The first-order chi connectivity index (χ1) is 3.52. The summed E-state index contributed by atoms with van der Waals surface area (Å²) in [6.07, 6.45) is -0.0999. The normalized spacial score (nSPS) is 37.5. The van der Waals surface area contributed by atoms with Crippen LogP contribution in [0.5, 0.6) is 0 Å². The van der Waals surface area contributed by atoms with Crippen LogP contribution >= 0.6 is 22.2 Å². The van der Waals surface area contributed by atoms with E-state index in [0.29, 0.717) is 6.42 Å². The van der Waals surface area contributed by atoms with E-state index in [-0.39, 0.29) is 5.54 Å². The van der Waals surface area contributed by atoms with Gasteiger partial charge in [-0.1, -0.05) is 0 Å². The zero-order chi connectivity index (χ0) is 6.36. The van der Waals surface area contributed by atoms with Gasteiger partial charge in [-0.15, -0.1) is 22.2 Å². The molecule has 0 aromatic rings. The lowest BCUT2D eigenvalue weighted by Gasteiger charge is -2.04. The lowest BCUT2D eigenvalue weighted by Crippen LogP contribution is -2.13. The van der Waals surface area contributed by atoms with E-state index < -0.39 is 12.9 Å². The molecule has 0 saturated heterocycles. The highest BCUT2D eigenvalue weighted by atomic mass is 35.7. The highest BCUT2D eigenvalue weighted by Gasteiger charge is 2.51. The van der Waals surface area contributed by atoms with E-state index in [2.05, 4.69) is 0 Å². The van der Waals surface area contributed by atoms with Crippen molar-refractivity contribution in [2.45, 2.75) is 24.7 Å². The molecule has 2 unspecified atom stereocenters. The Balaban J connectivity index is 2.39. The van der Waals surface area contributed by atoms with Gasteiger partial charge in [-0.3, -0.25) is 0 Å². The average Bonchev–Trinajstić information content (AvgIpc) is 2.13. The van der Waals surface area contributed by atoms with Gasteiger partial charge in [0.1, 0.15) is 6.17 Å². The maximum Gasteiger partial charge on any atom is 0.254 e. The minimum absolute atomic E-state index is 0.0193. The molecule has 1 fully saturated rings. The minimum Gasteiger partial charge on any atom is -0.247 e. The van der Waals surface area contributed by atoms with Gasteiger partial charge in [-0.2, -0.15) is 0 Å². The monoisotopic (exact) mass is 172 g/mol. The molecule has 2 atom stereocenters. The Morgan fingerprint density at radius 1 is 1.62 bits per heavy atom. The lowest BCUT2D eigenvalue weighted by atomic mass is 10.9. The van der Waals surface area contributed by atoms with E-state index >= 15 is 0 Å². The molecule has 4 heteroatoms. The first-order valence-corrected chi connectivity index (χ1v) is 7.14. The van der Waals surface area contributed by atoms with Crippen molar-refractivity contribution in [1.29, 1.82) is 0 Å². The highest BCUT2D eigenvalue weighted by Crippen LogP contribution is 2.51. The van der Waals surface area contributed by atoms with Crippen LogP contribution in [0.2, 0.25) is 12.1 Å². The van der Waals surface area contributed by atoms with Crippen LogP contribution in [0.3, 0.4) is 0 Å². The van der Waals surface area contributed by atoms with E-state index in [9.17, 15) is 4.39 Å². The quantitative estimate of drug-likeness (QED) is 0.422. The van der Waals surface area contributed by atoms with Crippen molar-refractivity contribution >= 4 is 28.9 Å². The first-order valence-electron chi connectivity index (χ1n) is 2.53. The first kappa shape index (κ1) is 6.84. The van der Waals surface area contributed by atoms with Crippen LogP contribution in [0.15, 0.2) is 0 Å². The van der Waals surface area contributed by atoms with Crippen molar-refractivity contribution in [2.24, 2.45) is 0 Å². The Kier molecular flexibility index (Phi) is 1.59. The van der Waals surface area contributed by atoms with Crippen molar-refractivity contribution < 1.29 is 4.39 Å². The fourth-order valence-corrected chi connectivity index (χ4v) is 3.32. The van der Waals surface area contributed by atoms with E-state index in [1.807, 2.05) is 0 Å². The Morgan fingerprint density at radius 3 is 2.00 bits per heavy atom. The third-order valence-corrected chi connectivity index (χ3v) is 4.94. The number of alkyl halides is 1. The van der Waals surface area contributed by atoms with Gasteiger partial charge in [0, 0.05) is 5.54 Å². The summed E-state index contributed by atoms with van der Waals surface area (Å²) in [4.78, 5) is 0. The topological polar surface area (TPSA) is 0 Å². The van der Waals surface area contributed by atoms with Crippen LogP contribution in [0.1, 0.15) is 6.42 Å². The van der Waals surface area contributed by atoms with Crippen LogP contribution < -0.4 is 0 Å². The summed E-state index contributed by atoms with van der Waals surface area (Å²) in [5.74, 6) is 0. The fourth-order valence-electron chi connectivity index (χ4n) is 0.689. The smallest absolute Gasteiger partial charge is 0.247 e. The van der Waals surface area contributed by atoms with Crippen LogP contribution in [-0.2, 0) is 0 Å². The molecule has 8 heavy (non-hydrogen) atoms. The fraction of sp³-hybridized carbons (Fsp3) is 1.00. The predicted molar refractivity (Wildman–Crippen MR) is 36.6 cm³/mol. The second-order valence-corrected chi connectivity index (χ2v) is 10.3. The second kappa shape index (κ2) is 1.86. The third-order valence-electron chi connectivity index (χ3n) is 1.36. The second-order valence-electron chi connectivity index (χ2n) is 2.31. The van der Waals surface area contributed by atoms with Crippen LogP contribution in [-0.4, -0.2) is 12.9 Å². The molecule has 0 aliphatic heterocycles. The zero-order valence-electron chi connectivity index (χ0n) is 4.50. The Labute approximate surface area is 58.4 Å². The predicted octanol–water partition coefficient (Wildman–Crippen LogP) is 2.65. The molecule has 0 aromatic carbocycles. The van der Waals surface area contributed by atoms with Gasteiger partial charge in [0.15, 0.2) is 0 Å². The molecular weight excluding hydrogens is 166 g/mol. The van der Waals surface area contributed by atoms with Crippen molar-refractivity contribution in [3.63, 3.8) is 0 Å². The van der Waals surface area contributed by atoms with E-state index in [1.165, 1.54) is 0 Å². The summed E-state index contributed by atoms with van der Waals surface area (Å²) in [5.41, 5.74) is 0.0193. The van der Waals surface area contributed by atoms with Gasteiger partial charge in [-0.25, -0.2) is 4.39 Å². The standard InChI is InChI=1S/C4H7Cl2FSi/c1-8(5,6)4-2-3(4)7/h3-4H,2H2,1H3. The van der Waals surface area contributed by atoms with Gasteiger partial charge in [0.25, 0.3) is 6.69 Å². The van der Waals surface area contributed by atoms with Gasteiger partial charge >= 0.3 is 0 Å². The number of hydrogen-bond donors (Lipinski definition) is 0. The van der Waals surface area contributed by atoms with E-state index in [1.54, 1.807) is 6.55 Å². The molecule has 0 spiro atoms. The largest absolute Gasteiger partial charge is 0.254 e.